The minimum absolute atomic E-state index is 0.659. The summed E-state index contributed by atoms with van der Waals surface area (Å²) in [5.41, 5.74) is 16.7. The Hall–Kier alpha value is -8.60. The molecule has 0 aliphatic carbocycles. The molecule has 0 aliphatic rings. The first-order valence-electron chi connectivity index (χ1n) is 21.6. The lowest BCUT2D eigenvalue weighted by Gasteiger charge is -2.17. The van der Waals surface area contributed by atoms with E-state index in [2.05, 4.69) is 194 Å². The standard InChI is InChI=1S/C60H38N4/c1-2-12-39(13-3-1)45-18-10-19-46(32-45)54-35-49(53-21-11-17-42-14-4-7-20-52(42)53)36-55-58(43-28-24-40(25-29-43)50-33-47-15-5-8-22-56(47)61-37-50)63-60(64-59(54)55)44-30-26-41(27-31-44)51-34-48-16-6-9-23-57(48)62-38-51/h1-38H. The third kappa shape index (κ3) is 6.84. The molecule has 0 atom stereocenters. The zero-order valence-corrected chi connectivity index (χ0v) is 34.7. The van der Waals surface area contributed by atoms with E-state index in [4.69, 9.17) is 19.9 Å². The van der Waals surface area contributed by atoms with E-state index in [1.165, 1.54) is 16.3 Å². The van der Waals surface area contributed by atoms with Crippen LogP contribution in [0.3, 0.4) is 0 Å². The molecule has 0 spiro atoms. The highest BCUT2D eigenvalue weighted by molar-refractivity contribution is 6.07. The fraction of sp³-hybridized carbons (Fsp3) is 0. The van der Waals surface area contributed by atoms with Crippen LogP contribution in [0.2, 0.25) is 0 Å². The highest BCUT2D eigenvalue weighted by Crippen LogP contribution is 2.41. The topological polar surface area (TPSA) is 51.6 Å². The molecule has 0 radical (unpaired) electrons. The maximum Gasteiger partial charge on any atom is 0.160 e. The van der Waals surface area contributed by atoms with Crippen LogP contribution in [-0.4, -0.2) is 19.9 Å². The van der Waals surface area contributed by atoms with Crippen molar-refractivity contribution in [2.24, 2.45) is 0 Å². The molecule has 0 N–H and O–H groups in total. The van der Waals surface area contributed by atoms with E-state index >= 15 is 0 Å². The van der Waals surface area contributed by atoms with Gasteiger partial charge in [-0.1, -0.05) is 176 Å². The van der Waals surface area contributed by atoms with Crippen molar-refractivity contribution in [1.29, 1.82) is 0 Å². The van der Waals surface area contributed by atoms with Gasteiger partial charge in [0.1, 0.15) is 0 Å². The molecular weight excluding hydrogens is 777 g/mol. The summed E-state index contributed by atoms with van der Waals surface area (Å²) in [6.45, 7) is 0. The number of benzene rings is 9. The average molecular weight is 815 g/mol. The van der Waals surface area contributed by atoms with Crippen LogP contribution in [0, 0.1) is 0 Å². The van der Waals surface area contributed by atoms with Crippen LogP contribution in [0.25, 0.3) is 122 Å². The molecule has 0 aliphatic heterocycles. The van der Waals surface area contributed by atoms with Crippen molar-refractivity contribution < 1.29 is 0 Å². The fourth-order valence-electron chi connectivity index (χ4n) is 9.02. The van der Waals surface area contributed by atoms with Gasteiger partial charge in [0, 0.05) is 56.4 Å². The van der Waals surface area contributed by atoms with Crippen LogP contribution in [0.4, 0.5) is 0 Å². The maximum atomic E-state index is 5.51. The molecule has 0 unspecified atom stereocenters. The molecule has 12 rings (SSSR count). The number of aromatic nitrogens is 4. The van der Waals surface area contributed by atoms with Crippen LogP contribution in [0.1, 0.15) is 0 Å². The Labute approximate surface area is 370 Å². The van der Waals surface area contributed by atoms with Gasteiger partial charge in [0.25, 0.3) is 0 Å². The van der Waals surface area contributed by atoms with Gasteiger partial charge in [-0.15, -0.1) is 0 Å². The third-order valence-corrected chi connectivity index (χ3v) is 12.3. The molecule has 3 heterocycles. The maximum absolute atomic E-state index is 5.51. The molecule has 4 heteroatoms. The lowest BCUT2D eigenvalue weighted by molar-refractivity contribution is 1.23. The quantitative estimate of drug-likeness (QED) is 0.161. The largest absolute Gasteiger partial charge is 0.256 e. The predicted molar refractivity (Wildman–Crippen MR) is 266 cm³/mol. The van der Waals surface area contributed by atoms with Gasteiger partial charge in [-0.2, -0.15) is 0 Å². The predicted octanol–water partition coefficient (Wildman–Crippen LogP) is 15.5. The number of hydrogen-bond donors (Lipinski definition) is 0. The second-order valence-corrected chi connectivity index (χ2v) is 16.3. The number of nitrogens with zero attached hydrogens (tertiary/aromatic N) is 4. The van der Waals surface area contributed by atoms with E-state index in [1.807, 2.05) is 36.7 Å². The number of rotatable bonds is 7. The Morgan fingerprint density at radius 1 is 0.266 bits per heavy atom. The van der Waals surface area contributed by atoms with Gasteiger partial charge in [0.15, 0.2) is 5.82 Å². The monoisotopic (exact) mass is 814 g/mol. The highest BCUT2D eigenvalue weighted by atomic mass is 14.9. The Morgan fingerprint density at radius 2 is 0.797 bits per heavy atom. The SMILES string of the molecule is c1ccc(-c2cccc(-c3cc(-c4cccc5ccccc45)cc4c(-c5ccc(-c6cnc7ccccc7c6)cc5)nc(-c5ccc(-c6cnc7ccccc7c6)cc5)nc34)c2)cc1. The zero-order chi connectivity index (χ0) is 42.4. The van der Waals surface area contributed by atoms with Gasteiger partial charge in [0.05, 0.1) is 22.2 Å². The summed E-state index contributed by atoms with van der Waals surface area (Å²) in [7, 11) is 0. The first-order valence-corrected chi connectivity index (χ1v) is 21.6. The third-order valence-electron chi connectivity index (χ3n) is 12.3. The normalized spacial score (nSPS) is 11.4. The molecule has 0 amide bonds. The van der Waals surface area contributed by atoms with Crippen molar-refractivity contribution in [1.82, 2.24) is 19.9 Å². The van der Waals surface area contributed by atoms with Crippen LogP contribution in [-0.2, 0) is 0 Å². The number of fused-ring (bicyclic) bond motifs is 4. The van der Waals surface area contributed by atoms with Gasteiger partial charge < -0.3 is 0 Å². The lowest BCUT2D eigenvalue weighted by atomic mass is 9.90. The first-order chi connectivity index (χ1) is 31.7. The summed E-state index contributed by atoms with van der Waals surface area (Å²) >= 11 is 0. The van der Waals surface area contributed by atoms with E-state index in [-0.39, 0.29) is 0 Å². The van der Waals surface area contributed by atoms with Crippen molar-refractivity contribution in [2.45, 2.75) is 0 Å². The fourth-order valence-corrected chi connectivity index (χ4v) is 9.02. The summed E-state index contributed by atoms with van der Waals surface area (Å²) in [4.78, 5) is 20.5. The summed E-state index contributed by atoms with van der Waals surface area (Å²) < 4.78 is 0. The molecule has 0 saturated heterocycles. The van der Waals surface area contributed by atoms with Crippen molar-refractivity contribution in [3.8, 4) is 78.3 Å². The van der Waals surface area contributed by atoms with Gasteiger partial charge in [-0.05, 0) is 92.2 Å². The Kier molecular flexibility index (Phi) is 9.12. The molecule has 0 fully saturated rings. The van der Waals surface area contributed by atoms with Gasteiger partial charge in [0.2, 0.25) is 0 Å². The molecule has 9 aromatic carbocycles. The van der Waals surface area contributed by atoms with E-state index in [1.54, 1.807) is 0 Å². The molecule has 0 bridgehead atoms. The highest BCUT2D eigenvalue weighted by Gasteiger charge is 2.19. The number of hydrogen-bond acceptors (Lipinski definition) is 4. The Morgan fingerprint density at radius 3 is 1.50 bits per heavy atom. The van der Waals surface area contributed by atoms with E-state index in [0.29, 0.717) is 5.82 Å². The van der Waals surface area contributed by atoms with E-state index < -0.39 is 0 Å². The Bertz CT molecular complexity index is 3700. The summed E-state index contributed by atoms with van der Waals surface area (Å²) in [5.74, 6) is 0.659. The number of pyridine rings is 2. The van der Waals surface area contributed by atoms with E-state index in [9.17, 15) is 0 Å². The lowest BCUT2D eigenvalue weighted by Crippen LogP contribution is -1.98. The van der Waals surface area contributed by atoms with Crippen LogP contribution < -0.4 is 0 Å². The summed E-state index contributed by atoms with van der Waals surface area (Å²) in [6, 6.07) is 77.3. The summed E-state index contributed by atoms with van der Waals surface area (Å²) in [6.07, 6.45) is 3.91. The minimum atomic E-state index is 0.659. The molecule has 12 aromatic rings. The van der Waals surface area contributed by atoms with Crippen molar-refractivity contribution in [3.63, 3.8) is 0 Å². The van der Waals surface area contributed by atoms with Crippen LogP contribution in [0.15, 0.2) is 231 Å². The Balaban J connectivity index is 1.08. The minimum Gasteiger partial charge on any atom is -0.256 e. The second kappa shape index (κ2) is 15.7. The second-order valence-electron chi connectivity index (χ2n) is 16.3. The summed E-state index contributed by atoms with van der Waals surface area (Å²) in [5, 5.41) is 5.60. The molecule has 64 heavy (non-hydrogen) atoms. The van der Waals surface area contributed by atoms with Crippen LogP contribution >= 0.6 is 0 Å². The van der Waals surface area contributed by atoms with Crippen molar-refractivity contribution in [3.05, 3.63) is 231 Å². The van der Waals surface area contributed by atoms with Gasteiger partial charge in [-0.3, -0.25) is 9.97 Å². The molecular formula is C60H38N4. The molecule has 298 valence electrons. The van der Waals surface area contributed by atoms with Crippen molar-refractivity contribution >= 4 is 43.5 Å². The molecule has 4 nitrogen and oxygen atoms in total. The molecule has 0 saturated carbocycles. The van der Waals surface area contributed by atoms with Gasteiger partial charge >= 0.3 is 0 Å². The van der Waals surface area contributed by atoms with E-state index in [0.717, 1.165) is 99.6 Å². The van der Waals surface area contributed by atoms with Gasteiger partial charge in [-0.25, -0.2) is 9.97 Å². The molecule has 3 aromatic heterocycles. The first kappa shape index (κ1) is 37.2. The zero-order valence-electron chi connectivity index (χ0n) is 34.7. The number of para-hydroxylation sites is 2. The average Bonchev–Trinajstić information content (AvgIpc) is 3.38. The van der Waals surface area contributed by atoms with Crippen molar-refractivity contribution in [2.75, 3.05) is 0 Å². The smallest absolute Gasteiger partial charge is 0.160 e. The van der Waals surface area contributed by atoms with Crippen LogP contribution in [0.5, 0.6) is 0 Å².